The summed E-state index contributed by atoms with van der Waals surface area (Å²) in [4.78, 5) is 14.5. The molecule has 0 aromatic heterocycles. The fourth-order valence-electron chi connectivity index (χ4n) is 2.16. The molecule has 1 aromatic carbocycles. The van der Waals surface area contributed by atoms with Gasteiger partial charge < -0.3 is 20.1 Å². The van der Waals surface area contributed by atoms with E-state index in [-0.39, 0.29) is 23.1 Å². The second kappa shape index (κ2) is 6.87. The summed E-state index contributed by atoms with van der Waals surface area (Å²) in [7, 11) is 0. The predicted molar refractivity (Wildman–Crippen MR) is 84.6 cm³/mol. The van der Waals surface area contributed by atoms with E-state index in [0.717, 1.165) is 0 Å². The molecule has 1 aliphatic heterocycles. The Hall–Kier alpha value is -1.66. The van der Waals surface area contributed by atoms with E-state index in [9.17, 15) is 4.79 Å². The smallest absolute Gasteiger partial charge is 0.254 e. The van der Waals surface area contributed by atoms with E-state index in [1.165, 1.54) is 0 Å². The highest BCUT2D eigenvalue weighted by Crippen LogP contribution is 2.17. The Morgan fingerprint density at radius 3 is 2.95 bits per heavy atom. The second-order valence-corrected chi connectivity index (χ2v) is 5.68. The van der Waals surface area contributed by atoms with Crippen molar-refractivity contribution in [1.82, 2.24) is 4.90 Å². The van der Waals surface area contributed by atoms with Crippen LogP contribution in [0.15, 0.2) is 24.3 Å². The molecule has 114 valence electrons. The molecule has 0 aliphatic carbocycles. The molecule has 1 fully saturated rings. The van der Waals surface area contributed by atoms with Gasteiger partial charge in [0.05, 0.1) is 19.3 Å². The number of benzene rings is 1. The van der Waals surface area contributed by atoms with Gasteiger partial charge in [-0.2, -0.15) is 0 Å². The number of morpholine rings is 1. The molecule has 0 spiro atoms. The lowest BCUT2D eigenvalue weighted by Gasteiger charge is -2.32. The fraction of sp³-hybridized carbons (Fsp3) is 0.467. The highest BCUT2D eigenvalue weighted by atomic mass is 32.1. The largest absolute Gasteiger partial charge is 0.491 e. The summed E-state index contributed by atoms with van der Waals surface area (Å²) in [6.45, 7) is 5.26. The van der Waals surface area contributed by atoms with Crippen molar-refractivity contribution in [1.29, 1.82) is 0 Å². The highest BCUT2D eigenvalue weighted by Gasteiger charge is 2.26. The third-order valence-electron chi connectivity index (χ3n) is 3.12. The summed E-state index contributed by atoms with van der Waals surface area (Å²) in [6, 6.07) is 7.19. The molecule has 1 unspecified atom stereocenters. The Bertz CT molecular complexity index is 533. The summed E-state index contributed by atoms with van der Waals surface area (Å²) < 4.78 is 11.1. The van der Waals surface area contributed by atoms with Gasteiger partial charge >= 0.3 is 0 Å². The monoisotopic (exact) mass is 308 g/mol. The lowest BCUT2D eigenvalue weighted by atomic mass is 10.1. The first-order chi connectivity index (χ1) is 9.97. The molecule has 1 heterocycles. The normalized spacial score (nSPS) is 18.6. The van der Waals surface area contributed by atoms with Crippen molar-refractivity contribution in [3.05, 3.63) is 29.8 Å². The number of ether oxygens (including phenoxy) is 2. The van der Waals surface area contributed by atoms with Crippen molar-refractivity contribution < 1.29 is 14.3 Å². The van der Waals surface area contributed by atoms with E-state index < -0.39 is 0 Å². The average molecular weight is 308 g/mol. The van der Waals surface area contributed by atoms with Crippen molar-refractivity contribution in [3.63, 3.8) is 0 Å². The van der Waals surface area contributed by atoms with Gasteiger partial charge in [0, 0.05) is 12.1 Å². The van der Waals surface area contributed by atoms with Crippen LogP contribution in [0.1, 0.15) is 24.2 Å². The number of nitrogens with zero attached hydrogens (tertiary/aromatic N) is 1. The minimum absolute atomic E-state index is 0.0613. The van der Waals surface area contributed by atoms with Crippen molar-refractivity contribution in [2.45, 2.75) is 26.1 Å². The van der Waals surface area contributed by atoms with Crippen molar-refractivity contribution in [3.8, 4) is 5.75 Å². The third-order valence-corrected chi connectivity index (χ3v) is 3.39. The highest BCUT2D eigenvalue weighted by molar-refractivity contribution is 7.80. The maximum atomic E-state index is 12.5. The molecular formula is C15H20N2O3S. The number of carbonyl (C=O) groups excluding carboxylic acids is 1. The van der Waals surface area contributed by atoms with Crippen LogP contribution in [-0.4, -0.2) is 47.7 Å². The molecule has 0 radical (unpaired) electrons. The Labute approximate surface area is 130 Å². The lowest BCUT2D eigenvalue weighted by molar-refractivity contribution is 0.00876. The summed E-state index contributed by atoms with van der Waals surface area (Å²) in [6.07, 6.45) is -0.300. The van der Waals surface area contributed by atoms with Crippen LogP contribution in [0.5, 0.6) is 5.75 Å². The second-order valence-electron chi connectivity index (χ2n) is 5.21. The predicted octanol–water partition coefficient (Wildman–Crippen LogP) is 1.60. The Balaban J connectivity index is 2.10. The van der Waals surface area contributed by atoms with Crippen LogP contribution >= 0.6 is 12.2 Å². The van der Waals surface area contributed by atoms with Gasteiger partial charge in [-0.15, -0.1) is 0 Å². The molecule has 1 atom stereocenters. The van der Waals surface area contributed by atoms with Crippen LogP contribution in [-0.2, 0) is 4.74 Å². The molecule has 1 aromatic rings. The van der Waals surface area contributed by atoms with Crippen molar-refractivity contribution in [2.24, 2.45) is 5.73 Å². The van der Waals surface area contributed by atoms with Crippen LogP contribution in [0.25, 0.3) is 0 Å². The number of nitrogens with two attached hydrogens (primary N) is 1. The van der Waals surface area contributed by atoms with Gasteiger partial charge in [0.2, 0.25) is 0 Å². The van der Waals surface area contributed by atoms with Crippen LogP contribution < -0.4 is 10.5 Å². The zero-order chi connectivity index (χ0) is 15.4. The number of carbonyl (C=O) groups is 1. The van der Waals surface area contributed by atoms with Crippen LogP contribution in [0, 0.1) is 0 Å². The zero-order valence-corrected chi connectivity index (χ0v) is 13.1. The molecule has 1 saturated heterocycles. The van der Waals surface area contributed by atoms with Crippen LogP contribution in [0.4, 0.5) is 0 Å². The van der Waals surface area contributed by atoms with E-state index in [4.69, 9.17) is 27.4 Å². The maximum Gasteiger partial charge on any atom is 0.254 e. The van der Waals surface area contributed by atoms with E-state index in [0.29, 0.717) is 31.0 Å². The molecule has 0 bridgehead atoms. The average Bonchev–Trinajstić information content (AvgIpc) is 2.46. The molecule has 2 rings (SSSR count). The Morgan fingerprint density at radius 1 is 1.52 bits per heavy atom. The van der Waals surface area contributed by atoms with Gasteiger partial charge in [0.25, 0.3) is 5.91 Å². The number of rotatable bonds is 4. The summed E-state index contributed by atoms with van der Waals surface area (Å²) in [5.41, 5.74) is 6.19. The van der Waals surface area contributed by atoms with Gasteiger partial charge in [-0.25, -0.2) is 0 Å². The lowest BCUT2D eigenvalue weighted by Crippen LogP contribution is -2.49. The molecule has 6 heteroatoms. The van der Waals surface area contributed by atoms with Gasteiger partial charge in [0.15, 0.2) is 0 Å². The van der Waals surface area contributed by atoms with Gasteiger partial charge in [-0.3, -0.25) is 4.79 Å². The first-order valence-electron chi connectivity index (χ1n) is 6.94. The van der Waals surface area contributed by atoms with E-state index in [2.05, 4.69) is 0 Å². The van der Waals surface area contributed by atoms with Crippen molar-refractivity contribution in [2.75, 3.05) is 19.7 Å². The topological polar surface area (TPSA) is 64.8 Å². The molecule has 1 aliphatic rings. The van der Waals surface area contributed by atoms with Gasteiger partial charge in [-0.05, 0) is 32.0 Å². The first-order valence-corrected chi connectivity index (χ1v) is 7.35. The first kappa shape index (κ1) is 15.7. The Morgan fingerprint density at radius 2 is 2.29 bits per heavy atom. The minimum atomic E-state index is -0.368. The molecular weight excluding hydrogens is 288 g/mol. The molecule has 1 amide bonds. The number of hydrogen-bond donors (Lipinski definition) is 1. The zero-order valence-electron chi connectivity index (χ0n) is 12.2. The molecule has 21 heavy (non-hydrogen) atoms. The van der Waals surface area contributed by atoms with Gasteiger partial charge in [-0.1, -0.05) is 18.3 Å². The quantitative estimate of drug-likeness (QED) is 0.856. The van der Waals surface area contributed by atoms with Gasteiger partial charge in [0.1, 0.15) is 16.8 Å². The maximum absolute atomic E-state index is 12.5. The van der Waals surface area contributed by atoms with E-state index in [1.54, 1.807) is 17.0 Å². The fourth-order valence-corrected chi connectivity index (χ4v) is 2.31. The number of hydrogen-bond acceptors (Lipinski definition) is 4. The number of thiocarbonyl (C=S) groups is 1. The Kier molecular flexibility index (Phi) is 5.14. The summed E-state index contributed by atoms with van der Waals surface area (Å²) in [5.74, 6) is 0.628. The van der Waals surface area contributed by atoms with Crippen LogP contribution in [0.3, 0.4) is 0 Å². The SMILES string of the molecule is CC(C)Oc1cccc(C(=O)N2CCOC(C(N)=S)C2)c1. The minimum Gasteiger partial charge on any atom is -0.491 e. The molecule has 2 N–H and O–H groups in total. The molecule has 0 saturated carbocycles. The van der Waals surface area contributed by atoms with Crippen molar-refractivity contribution >= 4 is 23.1 Å². The summed E-state index contributed by atoms with van der Waals surface area (Å²) in [5, 5.41) is 0. The third kappa shape index (κ3) is 4.15. The van der Waals surface area contributed by atoms with Crippen LogP contribution in [0.2, 0.25) is 0 Å². The molecule has 5 nitrogen and oxygen atoms in total. The summed E-state index contributed by atoms with van der Waals surface area (Å²) >= 11 is 4.93. The standard InChI is InChI=1S/C15H20N2O3S/c1-10(2)20-12-5-3-4-11(8-12)15(18)17-6-7-19-13(9-17)14(16)21/h3-5,8,10,13H,6-7,9H2,1-2H3,(H2,16,21). The number of amides is 1. The van der Waals surface area contributed by atoms with E-state index >= 15 is 0 Å². The van der Waals surface area contributed by atoms with E-state index in [1.807, 2.05) is 26.0 Å².